The molecule has 1 aliphatic rings. The van der Waals surface area contributed by atoms with Crippen LogP contribution in [0, 0.1) is 5.92 Å². The summed E-state index contributed by atoms with van der Waals surface area (Å²) in [5, 5.41) is 0. The highest BCUT2D eigenvalue weighted by atomic mass is 16.5. The van der Waals surface area contributed by atoms with E-state index in [4.69, 9.17) is 10.5 Å². The van der Waals surface area contributed by atoms with E-state index < -0.39 is 0 Å². The van der Waals surface area contributed by atoms with E-state index in [0.29, 0.717) is 11.8 Å². The minimum Gasteiger partial charge on any atom is -0.493 e. The van der Waals surface area contributed by atoms with Gasteiger partial charge in [-0.1, -0.05) is 38.5 Å². The molecule has 3 atom stereocenters. The highest BCUT2D eigenvalue weighted by Gasteiger charge is 2.31. The quantitative estimate of drug-likeness (QED) is 0.848. The number of hydrogen-bond acceptors (Lipinski definition) is 2. The molecule has 0 saturated carbocycles. The van der Waals surface area contributed by atoms with Crippen LogP contribution in [0.5, 0.6) is 5.75 Å². The molecule has 1 aromatic carbocycles. The van der Waals surface area contributed by atoms with Gasteiger partial charge >= 0.3 is 0 Å². The molecule has 0 bridgehead atoms. The number of para-hydroxylation sites is 1. The van der Waals surface area contributed by atoms with Gasteiger partial charge in [0.25, 0.3) is 0 Å². The van der Waals surface area contributed by atoms with Crippen LogP contribution in [0.15, 0.2) is 24.3 Å². The zero-order valence-electron chi connectivity index (χ0n) is 10.1. The third-order valence-electron chi connectivity index (χ3n) is 3.48. The first-order valence-electron chi connectivity index (χ1n) is 6.21. The monoisotopic (exact) mass is 219 g/mol. The molecule has 16 heavy (non-hydrogen) atoms. The molecule has 1 aliphatic heterocycles. The number of hydrogen-bond donors (Lipinski definition) is 1. The molecule has 1 aromatic rings. The van der Waals surface area contributed by atoms with Gasteiger partial charge in [0, 0.05) is 12.0 Å². The Bertz CT molecular complexity index is 350. The van der Waals surface area contributed by atoms with Crippen molar-refractivity contribution in [2.75, 3.05) is 6.61 Å². The van der Waals surface area contributed by atoms with Gasteiger partial charge in [-0.05, 0) is 24.0 Å². The molecule has 2 nitrogen and oxygen atoms in total. The van der Waals surface area contributed by atoms with Gasteiger partial charge in [0.15, 0.2) is 0 Å². The van der Waals surface area contributed by atoms with Crippen molar-refractivity contribution in [3.63, 3.8) is 0 Å². The third kappa shape index (κ3) is 2.07. The molecular weight excluding hydrogens is 198 g/mol. The molecular formula is C14H21NO. The van der Waals surface area contributed by atoms with E-state index in [-0.39, 0.29) is 6.04 Å². The first kappa shape index (κ1) is 11.5. The average Bonchev–Trinajstić information content (AvgIpc) is 2.29. The lowest BCUT2D eigenvalue weighted by Crippen LogP contribution is -2.37. The summed E-state index contributed by atoms with van der Waals surface area (Å²) in [6, 6.07) is 8.56. The Morgan fingerprint density at radius 3 is 2.94 bits per heavy atom. The molecule has 0 radical (unpaired) electrons. The number of benzene rings is 1. The lowest BCUT2D eigenvalue weighted by Gasteiger charge is -2.35. The van der Waals surface area contributed by atoms with Crippen LogP contribution in [0.1, 0.15) is 38.2 Å². The second kappa shape index (κ2) is 4.88. The van der Waals surface area contributed by atoms with Crippen LogP contribution in [0.3, 0.4) is 0 Å². The minimum absolute atomic E-state index is 0.255. The average molecular weight is 219 g/mol. The molecule has 0 saturated heterocycles. The number of ether oxygens (including phenoxy) is 1. The summed E-state index contributed by atoms with van der Waals surface area (Å²) in [4.78, 5) is 0. The van der Waals surface area contributed by atoms with Crippen LogP contribution in [-0.4, -0.2) is 12.6 Å². The summed E-state index contributed by atoms with van der Waals surface area (Å²) in [6.45, 7) is 5.21. The van der Waals surface area contributed by atoms with Gasteiger partial charge in [0.05, 0.1) is 6.61 Å². The fourth-order valence-corrected chi connectivity index (χ4v) is 2.68. The molecule has 0 fully saturated rings. The van der Waals surface area contributed by atoms with Crippen molar-refractivity contribution >= 4 is 0 Å². The second-order valence-corrected chi connectivity index (χ2v) is 4.80. The molecule has 0 aliphatic carbocycles. The predicted octanol–water partition coefficient (Wildman–Crippen LogP) is 2.93. The maximum Gasteiger partial charge on any atom is 0.122 e. The molecule has 0 aromatic heterocycles. The standard InChI is InChI=1S/C14H21NO/c1-3-6-12(15)14-10(2)9-16-13-8-5-4-7-11(13)14/h4-5,7-8,10,12,14H,3,6,9,15H2,1-2H3. The van der Waals surface area contributed by atoms with E-state index in [1.807, 2.05) is 12.1 Å². The zero-order chi connectivity index (χ0) is 11.5. The number of nitrogens with two attached hydrogens (primary N) is 1. The maximum absolute atomic E-state index is 6.31. The van der Waals surface area contributed by atoms with Gasteiger partial charge < -0.3 is 10.5 Å². The SMILES string of the molecule is CCCC(N)C1c2ccccc2OCC1C. The van der Waals surface area contributed by atoms with Crippen molar-refractivity contribution in [2.24, 2.45) is 11.7 Å². The van der Waals surface area contributed by atoms with Gasteiger partial charge in [-0.25, -0.2) is 0 Å². The molecule has 2 rings (SSSR count). The van der Waals surface area contributed by atoms with E-state index >= 15 is 0 Å². The number of rotatable bonds is 3. The fraction of sp³-hybridized carbons (Fsp3) is 0.571. The van der Waals surface area contributed by atoms with Crippen molar-refractivity contribution in [3.05, 3.63) is 29.8 Å². The van der Waals surface area contributed by atoms with Crippen molar-refractivity contribution < 1.29 is 4.74 Å². The summed E-state index contributed by atoms with van der Waals surface area (Å²) >= 11 is 0. The first-order valence-corrected chi connectivity index (χ1v) is 6.21. The Balaban J connectivity index is 2.29. The third-order valence-corrected chi connectivity index (χ3v) is 3.48. The van der Waals surface area contributed by atoms with Crippen LogP contribution in [0.4, 0.5) is 0 Å². The zero-order valence-corrected chi connectivity index (χ0v) is 10.1. The van der Waals surface area contributed by atoms with Crippen molar-refractivity contribution in [1.82, 2.24) is 0 Å². The summed E-state index contributed by atoms with van der Waals surface area (Å²) in [7, 11) is 0. The fourth-order valence-electron chi connectivity index (χ4n) is 2.68. The Morgan fingerprint density at radius 1 is 1.44 bits per heavy atom. The Labute approximate surface area is 97.8 Å². The lowest BCUT2D eigenvalue weighted by atomic mass is 9.79. The van der Waals surface area contributed by atoms with E-state index in [2.05, 4.69) is 26.0 Å². The van der Waals surface area contributed by atoms with Crippen LogP contribution in [-0.2, 0) is 0 Å². The summed E-state index contributed by atoms with van der Waals surface area (Å²) in [6.07, 6.45) is 2.23. The molecule has 2 N–H and O–H groups in total. The Hall–Kier alpha value is -1.02. The second-order valence-electron chi connectivity index (χ2n) is 4.80. The number of fused-ring (bicyclic) bond motifs is 1. The van der Waals surface area contributed by atoms with Crippen LogP contribution >= 0.6 is 0 Å². The normalized spacial score (nSPS) is 25.7. The van der Waals surface area contributed by atoms with Crippen molar-refractivity contribution in [1.29, 1.82) is 0 Å². The Kier molecular flexibility index (Phi) is 3.49. The van der Waals surface area contributed by atoms with E-state index in [0.717, 1.165) is 25.2 Å². The first-order chi connectivity index (χ1) is 7.74. The predicted molar refractivity (Wildman–Crippen MR) is 66.7 cm³/mol. The lowest BCUT2D eigenvalue weighted by molar-refractivity contribution is 0.189. The van der Waals surface area contributed by atoms with Gasteiger partial charge in [-0.3, -0.25) is 0 Å². The molecule has 0 spiro atoms. The summed E-state index contributed by atoms with van der Waals surface area (Å²) in [5.41, 5.74) is 7.60. The smallest absolute Gasteiger partial charge is 0.122 e. The molecule has 2 heteroatoms. The molecule has 0 amide bonds. The highest BCUT2D eigenvalue weighted by Crippen LogP contribution is 2.39. The molecule has 1 heterocycles. The summed E-state index contributed by atoms with van der Waals surface area (Å²) in [5.74, 6) is 1.98. The molecule has 88 valence electrons. The largest absolute Gasteiger partial charge is 0.493 e. The topological polar surface area (TPSA) is 35.2 Å². The molecule has 3 unspecified atom stereocenters. The van der Waals surface area contributed by atoms with Gasteiger partial charge in [-0.15, -0.1) is 0 Å². The van der Waals surface area contributed by atoms with Crippen molar-refractivity contribution in [3.8, 4) is 5.75 Å². The highest BCUT2D eigenvalue weighted by molar-refractivity contribution is 5.39. The Morgan fingerprint density at radius 2 is 2.19 bits per heavy atom. The summed E-state index contributed by atoms with van der Waals surface area (Å²) < 4.78 is 5.74. The van der Waals surface area contributed by atoms with E-state index in [9.17, 15) is 0 Å². The van der Waals surface area contributed by atoms with Gasteiger partial charge in [0.2, 0.25) is 0 Å². The van der Waals surface area contributed by atoms with Crippen LogP contribution in [0.25, 0.3) is 0 Å². The van der Waals surface area contributed by atoms with Crippen LogP contribution in [0.2, 0.25) is 0 Å². The van der Waals surface area contributed by atoms with Crippen LogP contribution < -0.4 is 10.5 Å². The van der Waals surface area contributed by atoms with Gasteiger partial charge in [-0.2, -0.15) is 0 Å². The van der Waals surface area contributed by atoms with Crippen molar-refractivity contribution in [2.45, 2.75) is 38.6 Å². The maximum atomic E-state index is 6.31. The van der Waals surface area contributed by atoms with Gasteiger partial charge in [0.1, 0.15) is 5.75 Å². The van der Waals surface area contributed by atoms with E-state index in [1.54, 1.807) is 0 Å². The van der Waals surface area contributed by atoms with E-state index in [1.165, 1.54) is 5.56 Å². The minimum atomic E-state index is 0.255.